The summed E-state index contributed by atoms with van der Waals surface area (Å²) in [5.41, 5.74) is 7.42. The van der Waals surface area contributed by atoms with Crippen molar-refractivity contribution in [3.63, 3.8) is 0 Å². The van der Waals surface area contributed by atoms with Gasteiger partial charge in [-0.25, -0.2) is 13.8 Å². The van der Waals surface area contributed by atoms with Crippen LogP contribution in [-0.4, -0.2) is 10.9 Å². The van der Waals surface area contributed by atoms with E-state index in [1.165, 1.54) is 6.07 Å². The maximum Gasteiger partial charge on any atom is 0.271 e. The van der Waals surface area contributed by atoms with E-state index in [0.29, 0.717) is 39.8 Å². The van der Waals surface area contributed by atoms with Crippen molar-refractivity contribution < 1.29 is 13.6 Å². The van der Waals surface area contributed by atoms with Crippen LogP contribution in [0.4, 0.5) is 20.3 Å². The van der Waals surface area contributed by atoms with Gasteiger partial charge in [0, 0.05) is 29.8 Å². The summed E-state index contributed by atoms with van der Waals surface area (Å²) in [7, 11) is 0. The number of nitriles is 1. The Bertz CT molecular complexity index is 1160. The number of nitrogens with zero attached hydrogens (tertiary/aromatic N) is 2. The zero-order chi connectivity index (χ0) is 20.8. The van der Waals surface area contributed by atoms with E-state index in [4.69, 9.17) is 11.0 Å². The first kappa shape index (κ1) is 18.8. The molecule has 0 bridgehead atoms. The second-order valence-corrected chi connectivity index (χ2v) is 7.36. The minimum absolute atomic E-state index is 0.0855. The molecular formula is C22H18F2N4O. The lowest BCUT2D eigenvalue weighted by Gasteiger charge is -2.17. The minimum Gasteiger partial charge on any atom is -0.398 e. The van der Waals surface area contributed by atoms with E-state index in [9.17, 15) is 13.6 Å². The number of pyridine rings is 1. The van der Waals surface area contributed by atoms with Crippen molar-refractivity contribution in [3.8, 4) is 17.2 Å². The van der Waals surface area contributed by atoms with Crippen molar-refractivity contribution in [2.75, 3.05) is 11.1 Å². The number of fused-ring (bicyclic) bond motifs is 1. The molecule has 0 unspecified atom stereocenters. The van der Waals surface area contributed by atoms with Gasteiger partial charge in [-0.2, -0.15) is 5.26 Å². The fourth-order valence-corrected chi connectivity index (χ4v) is 3.47. The van der Waals surface area contributed by atoms with Crippen molar-refractivity contribution in [2.45, 2.75) is 19.3 Å². The second kappa shape index (κ2) is 6.82. The number of carbonyl (C=O) groups excluding carboxylic acids is 1. The maximum atomic E-state index is 14.1. The van der Waals surface area contributed by atoms with E-state index in [0.717, 1.165) is 6.92 Å². The highest BCUT2D eigenvalue weighted by Gasteiger charge is 2.43. The number of aromatic nitrogens is 1. The van der Waals surface area contributed by atoms with Gasteiger partial charge >= 0.3 is 0 Å². The first-order chi connectivity index (χ1) is 13.8. The van der Waals surface area contributed by atoms with Crippen LogP contribution < -0.4 is 11.1 Å². The largest absolute Gasteiger partial charge is 0.398 e. The number of nitrogens with one attached hydrogen (secondary N) is 1. The normalized spacial score (nSPS) is 18.3. The highest BCUT2D eigenvalue weighted by molar-refractivity contribution is 6.00. The van der Waals surface area contributed by atoms with Crippen LogP contribution >= 0.6 is 0 Å². The van der Waals surface area contributed by atoms with Crippen molar-refractivity contribution in [1.29, 1.82) is 5.26 Å². The van der Waals surface area contributed by atoms with Gasteiger partial charge in [-0.05, 0) is 41.1 Å². The Morgan fingerprint density at radius 3 is 2.76 bits per heavy atom. The van der Waals surface area contributed by atoms with E-state index in [2.05, 4.69) is 16.4 Å². The Labute approximate surface area is 166 Å². The molecule has 4 rings (SSSR count). The number of nitrogens with two attached hydrogens (primary N) is 1. The summed E-state index contributed by atoms with van der Waals surface area (Å²) in [6.45, 7) is 0.861. The zero-order valence-corrected chi connectivity index (χ0v) is 15.6. The van der Waals surface area contributed by atoms with Crippen molar-refractivity contribution >= 4 is 28.2 Å². The Hall–Kier alpha value is -3.53. The molecule has 5 nitrogen and oxygen atoms in total. The summed E-state index contributed by atoms with van der Waals surface area (Å²) in [4.78, 5) is 16.4. The van der Waals surface area contributed by atoms with Gasteiger partial charge in [-0.1, -0.05) is 24.3 Å². The number of rotatable bonds is 4. The molecule has 1 aromatic heterocycles. The molecule has 146 valence electrons. The lowest BCUT2D eigenvalue weighted by Crippen LogP contribution is -2.15. The molecule has 3 aromatic rings. The number of hydrogen-bond acceptors (Lipinski definition) is 4. The average Bonchev–Trinajstić information content (AvgIpc) is 3.47. The van der Waals surface area contributed by atoms with Crippen LogP contribution in [0.15, 0.2) is 48.7 Å². The molecule has 1 amide bonds. The number of halogens is 2. The minimum atomic E-state index is -3.00. The molecule has 1 aliphatic rings. The monoisotopic (exact) mass is 392 g/mol. The quantitative estimate of drug-likeness (QED) is 0.630. The van der Waals surface area contributed by atoms with E-state index < -0.39 is 5.92 Å². The summed E-state index contributed by atoms with van der Waals surface area (Å²) < 4.78 is 28.1. The van der Waals surface area contributed by atoms with E-state index in [-0.39, 0.29) is 23.3 Å². The van der Waals surface area contributed by atoms with Crippen LogP contribution in [0.2, 0.25) is 0 Å². The third kappa shape index (κ3) is 3.61. The van der Waals surface area contributed by atoms with E-state index in [1.54, 1.807) is 42.6 Å². The second-order valence-electron chi connectivity index (χ2n) is 7.36. The van der Waals surface area contributed by atoms with Gasteiger partial charge in [-0.3, -0.25) is 4.79 Å². The topological polar surface area (TPSA) is 91.8 Å². The average molecular weight is 392 g/mol. The first-order valence-electron chi connectivity index (χ1n) is 9.15. The summed E-state index contributed by atoms with van der Waals surface area (Å²) in [5.74, 6) is -3.48. The molecule has 0 saturated heterocycles. The van der Waals surface area contributed by atoms with Crippen LogP contribution in [0.3, 0.4) is 0 Å². The van der Waals surface area contributed by atoms with Crippen molar-refractivity contribution in [2.24, 2.45) is 11.8 Å². The van der Waals surface area contributed by atoms with E-state index in [1.807, 2.05) is 0 Å². The predicted octanol–water partition coefficient (Wildman–Crippen LogP) is 4.69. The van der Waals surface area contributed by atoms with Gasteiger partial charge in [0.1, 0.15) is 5.82 Å². The molecule has 2 atom stereocenters. The molecule has 29 heavy (non-hydrogen) atoms. The van der Waals surface area contributed by atoms with Crippen LogP contribution in [0.1, 0.15) is 18.9 Å². The van der Waals surface area contributed by atoms with Gasteiger partial charge in [0.2, 0.25) is 5.91 Å². The number of nitrogen functional groups attached to an aromatic ring is 1. The van der Waals surface area contributed by atoms with Crippen LogP contribution in [0, 0.1) is 23.2 Å². The SMILES string of the molecule is CC(F)(F)c1ccccc1-c1cc(N)c2cnc(NC(=O)[C@H]3C[C@@H]3C#N)cc2c1. The Balaban J connectivity index is 1.73. The third-order valence-electron chi connectivity index (χ3n) is 5.12. The zero-order valence-electron chi connectivity index (χ0n) is 15.6. The molecule has 2 aromatic carbocycles. The molecule has 1 heterocycles. The van der Waals surface area contributed by atoms with Gasteiger partial charge in [0.25, 0.3) is 5.92 Å². The number of hydrogen-bond donors (Lipinski definition) is 2. The van der Waals surface area contributed by atoms with Crippen LogP contribution in [-0.2, 0) is 10.7 Å². The van der Waals surface area contributed by atoms with E-state index >= 15 is 0 Å². The molecule has 7 heteroatoms. The predicted molar refractivity (Wildman–Crippen MR) is 107 cm³/mol. The van der Waals surface area contributed by atoms with Crippen molar-refractivity contribution in [3.05, 3.63) is 54.2 Å². The fraction of sp³-hybridized carbons (Fsp3) is 0.227. The standard InChI is InChI=1S/C22H18F2N4O/c1-22(23,24)18-5-3-2-4-15(18)12-6-13-9-20(27-11-17(13)19(26)8-12)28-21(29)16-7-14(16)10-25/h2-6,8-9,11,14,16H,7,26H2,1H3,(H,27,28,29)/t14-,16+/m1/s1. The number of carbonyl (C=O) groups is 1. The van der Waals surface area contributed by atoms with Crippen LogP contribution in [0.5, 0.6) is 0 Å². The summed E-state index contributed by atoms with van der Waals surface area (Å²) in [6, 6.07) is 13.4. The summed E-state index contributed by atoms with van der Waals surface area (Å²) in [5, 5.41) is 12.9. The molecular weight excluding hydrogens is 374 g/mol. The fourth-order valence-electron chi connectivity index (χ4n) is 3.47. The van der Waals surface area contributed by atoms with Gasteiger partial charge in [-0.15, -0.1) is 0 Å². The first-order valence-corrected chi connectivity index (χ1v) is 9.15. The maximum absolute atomic E-state index is 14.1. The highest BCUT2D eigenvalue weighted by atomic mass is 19.3. The lowest BCUT2D eigenvalue weighted by molar-refractivity contribution is -0.117. The lowest BCUT2D eigenvalue weighted by atomic mass is 9.94. The number of amides is 1. The third-order valence-corrected chi connectivity index (χ3v) is 5.12. The number of anilines is 2. The molecule has 0 radical (unpaired) electrons. The number of benzene rings is 2. The Kier molecular flexibility index (Phi) is 4.42. The molecule has 1 saturated carbocycles. The van der Waals surface area contributed by atoms with Gasteiger partial charge < -0.3 is 11.1 Å². The highest BCUT2D eigenvalue weighted by Crippen LogP contribution is 2.39. The van der Waals surface area contributed by atoms with Crippen LogP contribution in [0.25, 0.3) is 21.9 Å². The summed E-state index contributed by atoms with van der Waals surface area (Å²) in [6.07, 6.45) is 2.09. The number of alkyl halides is 2. The smallest absolute Gasteiger partial charge is 0.271 e. The molecule has 1 fully saturated rings. The van der Waals surface area contributed by atoms with Gasteiger partial charge in [0.05, 0.1) is 17.9 Å². The molecule has 0 aliphatic heterocycles. The summed E-state index contributed by atoms with van der Waals surface area (Å²) >= 11 is 0. The van der Waals surface area contributed by atoms with Gasteiger partial charge in [0.15, 0.2) is 0 Å². The van der Waals surface area contributed by atoms with Crippen molar-refractivity contribution in [1.82, 2.24) is 4.98 Å². The molecule has 3 N–H and O–H groups in total. The molecule has 1 aliphatic carbocycles. The Morgan fingerprint density at radius 1 is 1.31 bits per heavy atom. The molecule has 0 spiro atoms. The Morgan fingerprint density at radius 2 is 2.07 bits per heavy atom.